The molecule has 0 fully saturated rings. The van der Waals surface area contributed by atoms with Crippen molar-refractivity contribution in [3.63, 3.8) is 0 Å². The second kappa shape index (κ2) is 13.0. The van der Waals surface area contributed by atoms with Gasteiger partial charge in [0.25, 0.3) is 0 Å². The molecule has 2 atom stereocenters. The molecule has 2 aliphatic rings. The first-order valence-corrected chi connectivity index (χ1v) is 18.1. The van der Waals surface area contributed by atoms with Gasteiger partial charge in [0, 0.05) is 45.9 Å². The summed E-state index contributed by atoms with van der Waals surface area (Å²) in [5, 5.41) is 4.78. The van der Waals surface area contributed by atoms with Crippen molar-refractivity contribution in [2.75, 3.05) is 4.90 Å². The number of hydrogen-bond acceptors (Lipinski definition) is 4. The van der Waals surface area contributed by atoms with Crippen molar-refractivity contribution in [3.05, 3.63) is 200 Å². The van der Waals surface area contributed by atoms with E-state index in [1.165, 1.54) is 21.5 Å². The quantitative estimate of drug-likeness (QED) is 0.176. The van der Waals surface area contributed by atoms with E-state index < -0.39 is 0 Å². The predicted molar refractivity (Wildman–Crippen MR) is 221 cm³/mol. The average molecular weight is 679 g/mol. The van der Waals surface area contributed by atoms with E-state index in [2.05, 4.69) is 175 Å². The standard InChI is InChI=1S/C49H34N4/c1-2-10-34(11-3-1)44-32-48(52-47-15-8-28-50-49(44)47)36-19-23-41(24-20-36)53(42-25-18-33-9-4-5-13-37(33)30-42)43-26-21-38-29-40(17-16-39(38)31-43)46-27-22-35-12-6-7-14-45(35)51-46/h1-32,35,45H. The molecule has 53 heavy (non-hydrogen) atoms. The van der Waals surface area contributed by atoms with Crippen LogP contribution in [-0.4, -0.2) is 21.7 Å². The van der Waals surface area contributed by atoms with Gasteiger partial charge in [-0.25, -0.2) is 4.98 Å². The van der Waals surface area contributed by atoms with Crippen LogP contribution in [0, 0.1) is 5.92 Å². The van der Waals surface area contributed by atoms with Crippen LogP contribution in [-0.2, 0) is 0 Å². The lowest BCUT2D eigenvalue weighted by molar-refractivity contribution is 0.680. The zero-order valence-electron chi connectivity index (χ0n) is 28.9. The van der Waals surface area contributed by atoms with E-state index in [1.807, 2.05) is 24.4 Å². The average Bonchev–Trinajstić information content (AvgIpc) is 3.23. The summed E-state index contributed by atoms with van der Waals surface area (Å²) in [6.45, 7) is 0. The van der Waals surface area contributed by atoms with E-state index in [9.17, 15) is 0 Å². The summed E-state index contributed by atoms with van der Waals surface area (Å²) in [7, 11) is 0. The summed E-state index contributed by atoms with van der Waals surface area (Å²) >= 11 is 0. The van der Waals surface area contributed by atoms with E-state index in [4.69, 9.17) is 15.0 Å². The van der Waals surface area contributed by atoms with Crippen molar-refractivity contribution in [3.8, 4) is 22.4 Å². The molecule has 4 heteroatoms. The Hall–Kier alpha value is -6.91. The highest BCUT2D eigenvalue weighted by Crippen LogP contribution is 2.39. The Morgan fingerprint density at radius 2 is 1.17 bits per heavy atom. The van der Waals surface area contributed by atoms with Gasteiger partial charge in [0.15, 0.2) is 0 Å². The molecular weight excluding hydrogens is 645 g/mol. The summed E-state index contributed by atoms with van der Waals surface area (Å²) in [4.78, 5) is 17.2. The molecule has 6 aromatic carbocycles. The van der Waals surface area contributed by atoms with Gasteiger partial charge in [-0.05, 0) is 93.8 Å². The minimum absolute atomic E-state index is 0.167. The second-order valence-electron chi connectivity index (χ2n) is 13.7. The molecule has 0 bridgehead atoms. The van der Waals surface area contributed by atoms with Gasteiger partial charge >= 0.3 is 0 Å². The zero-order valence-corrected chi connectivity index (χ0v) is 28.9. The Morgan fingerprint density at radius 1 is 0.491 bits per heavy atom. The third-order valence-corrected chi connectivity index (χ3v) is 10.4. The number of allylic oxidation sites excluding steroid dienone is 3. The van der Waals surface area contributed by atoms with Crippen LogP contribution in [0.1, 0.15) is 5.56 Å². The highest BCUT2D eigenvalue weighted by atomic mass is 15.1. The first-order chi connectivity index (χ1) is 26.2. The maximum Gasteiger partial charge on any atom is 0.0965 e. The van der Waals surface area contributed by atoms with Crippen LogP contribution in [0.15, 0.2) is 199 Å². The normalized spacial score (nSPS) is 16.2. The minimum atomic E-state index is 0.167. The molecule has 0 N–H and O–H groups in total. The number of hydrogen-bond donors (Lipinski definition) is 0. The zero-order chi connectivity index (χ0) is 35.1. The topological polar surface area (TPSA) is 41.4 Å². The fourth-order valence-corrected chi connectivity index (χ4v) is 7.62. The number of aliphatic imine (C=N–C) groups is 1. The summed E-state index contributed by atoms with van der Waals surface area (Å²) in [6.07, 6.45) is 14.9. The monoisotopic (exact) mass is 678 g/mol. The SMILES string of the molecule is C1=CC2C=CC(c3ccc4cc(N(c5ccc(-c6cc(-c7ccccc7)c7ncccc7n6)cc5)c5ccc6ccccc6c5)ccc4c3)=NC2C=C1. The van der Waals surface area contributed by atoms with Crippen LogP contribution >= 0.6 is 0 Å². The van der Waals surface area contributed by atoms with Crippen molar-refractivity contribution < 1.29 is 0 Å². The van der Waals surface area contributed by atoms with Crippen molar-refractivity contribution in [2.45, 2.75) is 6.04 Å². The first-order valence-electron chi connectivity index (χ1n) is 18.1. The van der Waals surface area contributed by atoms with Crippen LogP contribution in [0.25, 0.3) is 55.0 Å². The van der Waals surface area contributed by atoms with Crippen LogP contribution in [0.4, 0.5) is 17.1 Å². The predicted octanol–water partition coefficient (Wildman–Crippen LogP) is 12.2. The van der Waals surface area contributed by atoms with Gasteiger partial charge in [0.05, 0.1) is 28.5 Å². The van der Waals surface area contributed by atoms with Crippen molar-refractivity contribution >= 4 is 55.4 Å². The van der Waals surface area contributed by atoms with Crippen molar-refractivity contribution in [2.24, 2.45) is 10.9 Å². The molecule has 0 spiro atoms. The Labute approximate surface area is 308 Å². The number of rotatable bonds is 6. The highest BCUT2D eigenvalue weighted by Gasteiger charge is 2.20. The van der Waals surface area contributed by atoms with Gasteiger partial charge in [0.2, 0.25) is 0 Å². The maximum absolute atomic E-state index is 5.07. The van der Waals surface area contributed by atoms with Gasteiger partial charge in [0.1, 0.15) is 0 Å². The molecule has 0 saturated heterocycles. The summed E-state index contributed by atoms with van der Waals surface area (Å²) in [5.74, 6) is 0.342. The molecular formula is C49H34N4. The maximum atomic E-state index is 5.07. The van der Waals surface area contributed by atoms with Gasteiger partial charge in [-0.2, -0.15) is 0 Å². The van der Waals surface area contributed by atoms with Crippen LogP contribution in [0.3, 0.4) is 0 Å². The van der Waals surface area contributed by atoms with Crippen LogP contribution in [0.2, 0.25) is 0 Å². The molecule has 0 radical (unpaired) electrons. The number of nitrogens with zero attached hydrogens (tertiary/aromatic N) is 4. The van der Waals surface area contributed by atoms with Crippen molar-refractivity contribution in [1.82, 2.24) is 9.97 Å². The lowest BCUT2D eigenvalue weighted by atomic mass is 9.91. The number of anilines is 3. The molecule has 2 aromatic heterocycles. The lowest BCUT2D eigenvalue weighted by Gasteiger charge is -2.26. The number of fused-ring (bicyclic) bond motifs is 4. The number of dihydropyridines is 1. The molecule has 8 aromatic rings. The number of pyridine rings is 2. The molecule has 1 aliphatic carbocycles. The van der Waals surface area contributed by atoms with E-state index in [-0.39, 0.29) is 6.04 Å². The Balaban J connectivity index is 1.04. The highest BCUT2D eigenvalue weighted by molar-refractivity contribution is 6.11. The van der Waals surface area contributed by atoms with E-state index in [0.717, 1.165) is 61.8 Å². The van der Waals surface area contributed by atoms with Crippen LogP contribution in [0.5, 0.6) is 0 Å². The smallest absolute Gasteiger partial charge is 0.0965 e. The number of aromatic nitrogens is 2. The van der Waals surface area contributed by atoms with E-state index >= 15 is 0 Å². The van der Waals surface area contributed by atoms with Gasteiger partial charge in [-0.15, -0.1) is 0 Å². The summed E-state index contributed by atoms with van der Waals surface area (Å²) in [6, 6.07) is 54.1. The minimum Gasteiger partial charge on any atom is -0.310 e. The summed E-state index contributed by atoms with van der Waals surface area (Å²) < 4.78 is 0. The fraction of sp³-hybridized carbons (Fsp3) is 0.0408. The fourth-order valence-electron chi connectivity index (χ4n) is 7.62. The van der Waals surface area contributed by atoms with Gasteiger partial charge < -0.3 is 4.90 Å². The molecule has 4 nitrogen and oxygen atoms in total. The molecule has 2 unspecified atom stereocenters. The molecule has 3 heterocycles. The molecule has 0 amide bonds. The number of benzene rings is 6. The Bertz CT molecular complexity index is 2790. The van der Waals surface area contributed by atoms with Gasteiger partial charge in [-0.3, -0.25) is 9.98 Å². The van der Waals surface area contributed by atoms with Crippen LogP contribution < -0.4 is 4.90 Å². The van der Waals surface area contributed by atoms with Crippen molar-refractivity contribution in [1.29, 1.82) is 0 Å². The van der Waals surface area contributed by atoms with E-state index in [0.29, 0.717) is 5.92 Å². The second-order valence-corrected chi connectivity index (χ2v) is 13.7. The largest absolute Gasteiger partial charge is 0.310 e. The lowest BCUT2D eigenvalue weighted by Crippen LogP contribution is -2.20. The molecule has 1 aliphatic heterocycles. The molecule has 250 valence electrons. The van der Waals surface area contributed by atoms with E-state index in [1.54, 1.807) is 0 Å². The molecule has 0 saturated carbocycles. The third-order valence-electron chi connectivity index (χ3n) is 10.4. The molecule has 10 rings (SSSR count). The third kappa shape index (κ3) is 5.81. The first kappa shape index (κ1) is 30.9. The Morgan fingerprint density at radius 3 is 2.02 bits per heavy atom. The Kier molecular flexibility index (Phi) is 7.58. The van der Waals surface area contributed by atoms with Gasteiger partial charge in [-0.1, -0.05) is 121 Å². The summed E-state index contributed by atoms with van der Waals surface area (Å²) in [5.41, 5.74) is 11.4.